The molecule has 0 aliphatic carbocycles. The van der Waals surface area contributed by atoms with Gasteiger partial charge in [0.15, 0.2) is 0 Å². The van der Waals surface area contributed by atoms with Crippen LogP contribution in [-0.4, -0.2) is 9.13 Å². The van der Waals surface area contributed by atoms with Gasteiger partial charge in [-0.1, -0.05) is 158 Å². The summed E-state index contributed by atoms with van der Waals surface area (Å²) in [4.78, 5) is 0. The summed E-state index contributed by atoms with van der Waals surface area (Å²) >= 11 is 0. The lowest BCUT2D eigenvalue weighted by Crippen LogP contribution is -1.99. The standard InChI is InChI=1S/C48H32N2/c1-4-13-33(14-5-1)36-23-26-39(27-24-36)49-45-22-11-10-21-41(45)43-29-30-44-42-28-25-38(35-17-8-3-9-18-35)32-46(42)50(48(44)47(43)49)40-20-12-19-37(31-40)34-15-6-2-7-16-34/h1-32H. The summed E-state index contributed by atoms with van der Waals surface area (Å²) < 4.78 is 4.97. The van der Waals surface area contributed by atoms with E-state index in [1.165, 1.54) is 77.0 Å². The molecule has 0 radical (unpaired) electrons. The highest BCUT2D eigenvalue weighted by Crippen LogP contribution is 2.43. The molecule has 0 amide bonds. The van der Waals surface area contributed by atoms with Crippen LogP contribution in [0.1, 0.15) is 0 Å². The van der Waals surface area contributed by atoms with Crippen molar-refractivity contribution in [3.63, 3.8) is 0 Å². The molecule has 0 fully saturated rings. The van der Waals surface area contributed by atoms with E-state index in [2.05, 4.69) is 203 Å². The van der Waals surface area contributed by atoms with E-state index in [9.17, 15) is 0 Å². The van der Waals surface area contributed by atoms with Crippen molar-refractivity contribution in [2.75, 3.05) is 0 Å². The molecule has 2 nitrogen and oxygen atoms in total. The van der Waals surface area contributed by atoms with Crippen LogP contribution >= 0.6 is 0 Å². The first-order valence-electron chi connectivity index (χ1n) is 17.2. The monoisotopic (exact) mass is 636 g/mol. The summed E-state index contributed by atoms with van der Waals surface area (Å²) in [6, 6.07) is 70.4. The van der Waals surface area contributed by atoms with Crippen LogP contribution < -0.4 is 0 Å². The van der Waals surface area contributed by atoms with E-state index >= 15 is 0 Å². The van der Waals surface area contributed by atoms with Gasteiger partial charge in [-0.3, -0.25) is 0 Å². The smallest absolute Gasteiger partial charge is 0.0788 e. The summed E-state index contributed by atoms with van der Waals surface area (Å²) in [7, 11) is 0. The summed E-state index contributed by atoms with van der Waals surface area (Å²) in [5, 5.41) is 4.97. The van der Waals surface area contributed by atoms with E-state index in [4.69, 9.17) is 0 Å². The molecule has 2 heteroatoms. The maximum Gasteiger partial charge on any atom is 0.0788 e. The molecule has 0 atom stereocenters. The Morgan fingerprint density at radius 2 is 0.680 bits per heavy atom. The predicted octanol–water partition coefficient (Wildman–Crippen LogP) is 12.9. The molecule has 2 aromatic heterocycles. The van der Waals surface area contributed by atoms with E-state index in [1.807, 2.05) is 0 Å². The van der Waals surface area contributed by atoms with Crippen LogP contribution in [0.25, 0.3) is 88.4 Å². The summed E-state index contributed by atoms with van der Waals surface area (Å²) in [5.74, 6) is 0. The van der Waals surface area contributed by atoms with E-state index in [0.29, 0.717) is 0 Å². The van der Waals surface area contributed by atoms with Crippen molar-refractivity contribution in [2.45, 2.75) is 0 Å². The van der Waals surface area contributed by atoms with Crippen molar-refractivity contribution in [2.24, 2.45) is 0 Å². The lowest BCUT2D eigenvalue weighted by atomic mass is 10.0. The van der Waals surface area contributed by atoms with Gasteiger partial charge in [0, 0.05) is 32.9 Å². The molecule has 0 saturated heterocycles. The second-order valence-corrected chi connectivity index (χ2v) is 13.0. The van der Waals surface area contributed by atoms with Crippen LogP contribution in [0.3, 0.4) is 0 Å². The van der Waals surface area contributed by atoms with Crippen molar-refractivity contribution in [1.82, 2.24) is 9.13 Å². The van der Waals surface area contributed by atoms with Gasteiger partial charge < -0.3 is 9.13 Å². The molecule has 0 unspecified atom stereocenters. The van der Waals surface area contributed by atoms with Gasteiger partial charge >= 0.3 is 0 Å². The number of fused-ring (bicyclic) bond motifs is 7. The zero-order valence-electron chi connectivity index (χ0n) is 27.4. The van der Waals surface area contributed by atoms with E-state index in [-0.39, 0.29) is 0 Å². The Morgan fingerprint density at radius 3 is 1.32 bits per heavy atom. The third-order valence-corrected chi connectivity index (χ3v) is 10.1. The topological polar surface area (TPSA) is 9.86 Å². The highest BCUT2D eigenvalue weighted by atomic mass is 15.0. The Labute approximate surface area is 290 Å². The maximum absolute atomic E-state index is 2.50. The minimum atomic E-state index is 1.14. The fourth-order valence-electron chi connectivity index (χ4n) is 7.78. The average Bonchev–Trinajstić information content (AvgIpc) is 3.72. The Kier molecular flexibility index (Phi) is 6.53. The van der Waals surface area contributed by atoms with Crippen molar-refractivity contribution in [3.8, 4) is 44.8 Å². The summed E-state index contributed by atoms with van der Waals surface area (Å²) in [6.45, 7) is 0. The second-order valence-electron chi connectivity index (χ2n) is 13.0. The van der Waals surface area contributed by atoms with Crippen LogP contribution in [-0.2, 0) is 0 Å². The molecule has 10 rings (SSSR count). The molecule has 0 saturated carbocycles. The van der Waals surface area contributed by atoms with Crippen LogP contribution in [0.5, 0.6) is 0 Å². The third kappa shape index (κ3) is 4.50. The number of hydrogen-bond acceptors (Lipinski definition) is 0. The average molecular weight is 637 g/mol. The van der Waals surface area contributed by atoms with Crippen LogP contribution in [0, 0.1) is 0 Å². The molecular weight excluding hydrogens is 605 g/mol. The first-order chi connectivity index (χ1) is 24.8. The number of benzene rings is 8. The minimum absolute atomic E-state index is 1.14. The maximum atomic E-state index is 2.50. The summed E-state index contributed by atoms with van der Waals surface area (Å²) in [6.07, 6.45) is 0. The van der Waals surface area contributed by atoms with Gasteiger partial charge in [-0.25, -0.2) is 0 Å². The van der Waals surface area contributed by atoms with Gasteiger partial charge in [0.25, 0.3) is 0 Å². The quantitative estimate of drug-likeness (QED) is 0.178. The lowest BCUT2D eigenvalue weighted by Gasteiger charge is -2.14. The number of hydrogen-bond donors (Lipinski definition) is 0. The zero-order chi connectivity index (χ0) is 33.0. The minimum Gasteiger partial charge on any atom is -0.307 e. The van der Waals surface area contributed by atoms with Crippen molar-refractivity contribution < 1.29 is 0 Å². The fraction of sp³-hybridized carbons (Fsp3) is 0. The predicted molar refractivity (Wildman–Crippen MR) is 211 cm³/mol. The number of para-hydroxylation sites is 1. The lowest BCUT2D eigenvalue weighted by molar-refractivity contribution is 1.15. The SMILES string of the molecule is c1ccc(-c2ccc(-n3c4ccccc4c4ccc5c6ccc(-c7ccccc7)cc6n(-c6cccc(-c7ccccc7)c6)c5c43)cc2)cc1. The Morgan fingerprint density at radius 1 is 0.240 bits per heavy atom. The van der Waals surface area contributed by atoms with Crippen molar-refractivity contribution in [3.05, 3.63) is 194 Å². The van der Waals surface area contributed by atoms with E-state index in [1.54, 1.807) is 0 Å². The molecule has 8 aromatic carbocycles. The van der Waals surface area contributed by atoms with Gasteiger partial charge in [-0.15, -0.1) is 0 Å². The van der Waals surface area contributed by atoms with E-state index < -0.39 is 0 Å². The van der Waals surface area contributed by atoms with Crippen LogP contribution in [0.4, 0.5) is 0 Å². The Bertz CT molecular complexity index is 2820. The first kappa shape index (κ1) is 28.4. The number of rotatable bonds is 5. The molecule has 0 spiro atoms. The number of nitrogens with zero attached hydrogens (tertiary/aromatic N) is 2. The van der Waals surface area contributed by atoms with Gasteiger partial charge in [-0.2, -0.15) is 0 Å². The molecule has 0 bridgehead atoms. The molecule has 0 aliphatic heterocycles. The Balaban J connectivity index is 1.32. The van der Waals surface area contributed by atoms with Gasteiger partial charge in [0.2, 0.25) is 0 Å². The highest BCUT2D eigenvalue weighted by Gasteiger charge is 2.22. The first-order valence-corrected chi connectivity index (χ1v) is 17.2. The largest absolute Gasteiger partial charge is 0.307 e. The van der Waals surface area contributed by atoms with Gasteiger partial charge in [0.1, 0.15) is 0 Å². The van der Waals surface area contributed by atoms with Gasteiger partial charge in [0.05, 0.1) is 22.1 Å². The normalized spacial score (nSPS) is 11.6. The molecule has 50 heavy (non-hydrogen) atoms. The fourth-order valence-corrected chi connectivity index (χ4v) is 7.78. The highest BCUT2D eigenvalue weighted by molar-refractivity contribution is 6.24. The van der Waals surface area contributed by atoms with Crippen molar-refractivity contribution in [1.29, 1.82) is 0 Å². The van der Waals surface area contributed by atoms with Gasteiger partial charge in [-0.05, 0) is 69.8 Å². The van der Waals surface area contributed by atoms with Crippen molar-refractivity contribution >= 4 is 43.6 Å². The molecule has 0 N–H and O–H groups in total. The Hall–Kier alpha value is -6.64. The molecule has 0 aliphatic rings. The van der Waals surface area contributed by atoms with Crippen LogP contribution in [0.2, 0.25) is 0 Å². The van der Waals surface area contributed by atoms with Crippen LogP contribution in [0.15, 0.2) is 194 Å². The molecule has 2 heterocycles. The third-order valence-electron chi connectivity index (χ3n) is 10.1. The molecule has 234 valence electrons. The number of aromatic nitrogens is 2. The van der Waals surface area contributed by atoms with E-state index in [0.717, 1.165) is 11.4 Å². The molecule has 10 aromatic rings. The summed E-state index contributed by atoms with van der Waals surface area (Å²) in [5.41, 5.74) is 14.3. The molecular formula is C48H32N2. The second kappa shape index (κ2) is 11.5. The zero-order valence-corrected chi connectivity index (χ0v) is 27.4.